The quantitative estimate of drug-likeness (QED) is 0.772. The molecule has 0 aromatic carbocycles. The van der Waals surface area contributed by atoms with Crippen molar-refractivity contribution in [1.29, 1.82) is 0 Å². The van der Waals surface area contributed by atoms with Crippen LogP contribution in [0.2, 0.25) is 0 Å². The second kappa shape index (κ2) is 7.21. The highest BCUT2D eigenvalue weighted by atomic mass is 16.5. The van der Waals surface area contributed by atoms with Gasteiger partial charge >= 0.3 is 0 Å². The minimum Gasteiger partial charge on any atom is -0.383 e. The summed E-state index contributed by atoms with van der Waals surface area (Å²) in [5.41, 5.74) is 1.08. The van der Waals surface area contributed by atoms with Crippen LogP contribution in [0.1, 0.15) is 12.0 Å². The van der Waals surface area contributed by atoms with Gasteiger partial charge in [-0.3, -0.25) is 9.78 Å². The van der Waals surface area contributed by atoms with E-state index in [1.165, 1.54) is 0 Å². The molecule has 0 bridgehead atoms. The van der Waals surface area contributed by atoms with Crippen molar-refractivity contribution in [3.8, 4) is 0 Å². The number of hydrogen-bond acceptors (Lipinski definition) is 4. The van der Waals surface area contributed by atoms with Crippen molar-refractivity contribution in [2.45, 2.75) is 13.0 Å². The van der Waals surface area contributed by atoms with Crippen LogP contribution in [0.4, 0.5) is 0 Å². The zero-order chi connectivity index (χ0) is 13.5. The maximum absolute atomic E-state index is 12.4. The molecule has 2 heterocycles. The first-order valence-corrected chi connectivity index (χ1v) is 6.55. The van der Waals surface area contributed by atoms with E-state index in [0.717, 1.165) is 12.0 Å². The third-order valence-corrected chi connectivity index (χ3v) is 3.28. The maximum atomic E-state index is 12.4. The number of carbonyl (C=O) groups is 1. The van der Waals surface area contributed by atoms with Gasteiger partial charge in [0.15, 0.2) is 0 Å². The Hall–Kier alpha value is -1.46. The zero-order valence-corrected chi connectivity index (χ0v) is 11.2. The molecule has 0 radical (unpaired) electrons. The van der Waals surface area contributed by atoms with Gasteiger partial charge in [0.1, 0.15) is 0 Å². The predicted molar refractivity (Wildman–Crippen MR) is 70.5 cm³/mol. The van der Waals surface area contributed by atoms with Crippen molar-refractivity contribution in [3.05, 3.63) is 30.1 Å². The van der Waals surface area contributed by atoms with E-state index in [1.54, 1.807) is 19.5 Å². The summed E-state index contributed by atoms with van der Waals surface area (Å²) in [6.45, 7) is 2.97. The lowest BCUT2D eigenvalue weighted by Crippen LogP contribution is -2.38. The van der Waals surface area contributed by atoms with Crippen molar-refractivity contribution in [2.24, 2.45) is 5.92 Å². The van der Waals surface area contributed by atoms with Crippen molar-refractivity contribution < 1.29 is 14.3 Å². The van der Waals surface area contributed by atoms with Gasteiger partial charge in [-0.2, -0.15) is 0 Å². The molecule has 1 aliphatic rings. The Morgan fingerprint density at radius 1 is 1.53 bits per heavy atom. The molecular weight excluding hydrogens is 244 g/mol. The molecule has 1 atom stereocenters. The summed E-state index contributed by atoms with van der Waals surface area (Å²) in [5, 5.41) is 0. The molecule has 1 aromatic rings. The fourth-order valence-corrected chi connectivity index (χ4v) is 2.16. The normalized spacial score (nSPS) is 18.5. The molecule has 1 amide bonds. The van der Waals surface area contributed by atoms with Crippen LogP contribution in [0, 0.1) is 5.92 Å². The standard InChI is InChI=1S/C14H20N2O3/c1-18-9-7-16(10-12-2-5-15-6-3-12)14(17)13-4-8-19-11-13/h2-3,5-6,13H,4,7-11H2,1H3/t13-/m1/s1. The monoisotopic (exact) mass is 264 g/mol. The molecule has 5 nitrogen and oxygen atoms in total. The SMILES string of the molecule is COCCN(Cc1ccncc1)C(=O)[C@@H]1CCOC1. The number of amides is 1. The molecule has 19 heavy (non-hydrogen) atoms. The Labute approximate surface area is 113 Å². The van der Waals surface area contributed by atoms with Crippen LogP contribution in [0.5, 0.6) is 0 Å². The fourth-order valence-electron chi connectivity index (χ4n) is 2.16. The molecule has 0 N–H and O–H groups in total. The van der Waals surface area contributed by atoms with E-state index in [9.17, 15) is 4.79 Å². The van der Waals surface area contributed by atoms with Crippen LogP contribution in [0.15, 0.2) is 24.5 Å². The van der Waals surface area contributed by atoms with Gasteiger partial charge in [0.2, 0.25) is 5.91 Å². The van der Waals surface area contributed by atoms with Gasteiger partial charge in [-0.1, -0.05) is 0 Å². The lowest BCUT2D eigenvalue weighted by Gasteiger charge is -2.25. The van der Waals surface area contributed by atoms with Gasteiger partial charge in [-0.05, 0) is 24.1 Å². The average molecular weight is 264 g/mol. The third kappa shape index (κ3) is 4.01. The smallest absolute Gasteiger partial charge is 0.228 e. The van der Waals surface area contributed by atoms with Crippen LogP contribution < -0.4 is 0 Å². The molecule has 1 aromatic heterocycles. The number of nitrogens with zero attached hydrogens (tertiary/aromatic N) is 2. The van der Waals surface area contributed by atoms with Crippen LogP contribution in [0.25, 0.3) is 0 Å². The summed E-state index contributed by atoms with van der Waals surface area (Å²) in [5.74, 6) is 0.157. The molecule has 1 fully saturated rings. The minimum absolute atomic E-state index is 0.00121. The van der Waals surface area contributed by atoms with Gasteiger partial charge < -0.3 is 14.4 Å². The second-order valence-electron chi connectivity index (χ2n) is 4.67. The summed E-state index contributed by atoms with van der Waals surface area (Å²) in [6, 6.07) is 3.86. The summed E-state index contributed by atoms with van der Waals surface area (Å²) >= 11 is 0. The number of aromatic nitrogens is 1. The van der Waals surface area contributed by atoms with Crippen LogP contribution in [-0.2, 0) is 20.8 Å². The van der Waals surface area contributed by atoms with E-state index < -0.39 is 0 Å². The summed E-state index contributed by atoms with van der Waals surface area (Å²) in [7, 11) is 1.65. The average Bonchev–Trinajstić information content (AvgIpc) is 2.98. The predicted octanol–water partition coefficient (Wildman–Crippen LogP) is 1.09. The molecular formula is C14H20N2O3. The van der Waals surface area contributed by atoms with E-state index >= 15 is 0 Å². The summed E-state index contributed by atoms with van der Waals surface area (Å²) in [4.78, 5) is 18.3. The molecule has 0 saturated carbocycles. The molecule has 0 aliphatic carbocycles. The van der Waals surface area contributed by atoms with Gasteiger partial charge in [0.25, 0.3) is 0 Å². The number of ether oxygens (including phenoxy) is 2. The van der Waals surface area contributed by atoms with Gasteiger partial charge in [-0.15, -0.1) is 0 Å². The molecule has 2 rings (SSSR count). The Morgan fingerprint density at radius 3 is 2.95 bits per heavy atom. The van der Waals surface area contributed by atoms with Gasteiger partial charge in [-0.25, -0.2) is 0 Å². The van der Waals surface area contributed by atoms with E-state index in [2.05, 4.69) is 4.98 Å². The van der Waals surface area contributed by atoms with Crippen molar-refractivity contribution in [3.63, 3.8) is 0 Å². The highest BCUT2D eigenvalue weighted by Gasteiger charge is 2.27. The highest BCUT2D eigenvalue weighted by Crippen LogP contribution is 2.17. The molecule has 1 saturated heterocycles. The van der Waals surface area contributed by atoms with Crippen LogP contribution in [0.3, 0.4) is 0 Å². The number of methoxy groups -OCH3 is 1. The fraction of sp³-hybridized carbons (Fsp3) is 0.571. The van der Waals surface area contributed by atoms with Crippen molar-refractivity contribution in [1.82, 2.24) is 9.88 Å². The lowest BCUT2D eigenvalue weighted by molar-refractivity contribution is -0.136. The van der Waals surface area contributed by atoms with Crippen LogP contribution >= 0.6 is 0 Å². The highest BCUT2D eigenvalue weighted by molar-refractivity contribution is 5.79. The van der Waals surface area contributed by atoms with E-state index in [-0.39, 0.29) is 11.8 Å². The second-order valence-corrected chi connectivity index (χ2v) is 4.67. The number of pyridine rings is 1. The Morgan fingerprint density at radius 2 is 2.32 bits per heavy atom. The number of hydrogen-bond donors (Lipinski definition) is 0. The third-order valence-electron chi connectivity index (χ3n) is 3.28. The topological polar surface area (TPSA) is 51.7 Å². The first kappa shape index (κ1) is 14.0. The first-order chi connectivity index (χ1) is 9.31. The van der Waals surface area contributed by atoms with Gasteiger partial charge in [0.05, 0.1) is 19.1 Å². The molecule has 1 aliphatic heterocycles. The lowest BCUT2D eigenvalue weighted by atomic mass is 10.1. The van der Waals surface area contributed by atoms with Gasteiger partial charge in [0, 0.05) is 39.2 Å². The molecule has 5 heteroatoms. The summed E-state index contributed by atoms with van der Waals surface area (Å²) in [6.07, 6.45) is 4.30. The first-order valence-electron chi connectivity index (χ1n) is 6.55. The number of rotatable bonds is 6. The zero-order valence-electron chi connectivity index (χ0n) is 11.2. The number of carbonyl (C=O) groups excluding carboxylic acids is 1. The van der Waals surface area contributed by atoms with E-state index in [1.807, 2.05) is 17.0 Å². The molecule has 104 valence electrons. The maximum Gasteiger partial charge on any atom is 0.228 e. The Bertz CT molecular complexity index is 391. The van der Waals surface area contributed by atoms with E-state index in [4.69, 9.17) is 9.47 Å². The minimum atomic E-state index is -0.00121. The largest absolute Gasteiger partial charge is 0.383 e. The molecule has 0 unspecified atom stereocenters. The Kier molecular flexibility index (Phi) is 5.30. The Balaban J connectivity index is 2.00. The van der Waals surface area contributed by atoms with Crippen LogP contribution in [-0.4, -0.2) is 49.3 Å². The summed E-state index contributed by atoms with van der Waals surface area (Å²) < 4.78 is 10.4. The van der Waals surface area contributed by atoms with Crippen molar-refractivity contribution in [2.75, 3.05) is 33.5 Å². The van der Waals surface area contributed by atoms with Crippen molar-refractivity contribution >= 4 is 5.91 Å². The van der Waals surface area contributed by atoms with E-state index in [0.29, 0.717) is 32.9 Å². The molecule has 0 spiro atoms.